The molecule has 1 amide bonds. The number of nitrogens with two attached hydrogens (primary N) is 1. The van der Waals surface area contributed by atoms with Crippen LogP contribution in [0.1, 0.15) is 51.2 Å². The summed E-state index contributed by atoms with van der Waals surface area (Å²) in [6.07, 6.45) is 0.621. The molecule has 4 heteroatoms. The van der Waals surface area contributed by atoms with Gasteiger partial charge >= 0.3 is 6.09 Å². The Labute approximate surface area is 133 Å². The van der Waals surface area contributed by atoms with E-state index in [4.69, 9.17) is 10.5 Å². The maximum Gasteiger partial charge on any atom is 0.410 e. The molecule has 1 aliphatic heterocycles. The van der Waals surface area contributed by atoms with Gasteiger partial charge in [0, 0.05) is 24.5 Å². The lowest BCUT2D eigenvalue weighted by molar-refractivity contribution is 0.00655. The predicted molar refractivity (Wildman–Crippen MR) is 88.9 cm³/mol. The van der Waals surface area contributed by atoms with E-state index in [0.717, 1.165) is 6.42 Å². The Bertz CT molecular complexity index is 519. The number of hydrogen-bond acceptors (Lipinski definition) is 3. The summed E-state index contributed by atoms with van der Waals surface area (Å²) in [5.74, 6) is 0.247. The zero-order valence-corrected chi connectivity index (χ0v) is 14.3. The number of carbonyl (C=O) groups is 1. The molecule has 4 nitrogen and oxygen atoms in total. The van der Waals surface area contributed by atoms with Crippen LogP contribution in [0.4, 0.5) is 4.79 Å². The molecule has 0 spiro atoms. The molecule has 1 aromatic carbocycles. The molecular formula is C18H28N2O2. The van der Waals surface area contributed by atoms with E-state index in [1.165, 1.54) is 11.1 Å². The van der Waals surface area contributed by atoms with Gasteiger partial charge in [-0.2, -0.15) is 0 Å². The molecule has 1 aromatic rings. The first-order chi connectivity index (χ1) is 10.2. The van der Waals surface area contributed by atoms with Gasteiger partial charge in [0.2, 0.25) is 0 Å². The number of likely N-dealkylation sites (tertiary alicyclic amines) is 1. The Hall–Kier alpha value is -1.55. The number of amides is 1. The van der Waals surface area contributed by atoms with Crippen molar-refractivity contribution in [2.45, 2.75) is 64.6 Å². The Morgan fingerprint density at radius 1 is 1.27 bits per heavy atom. The number of ether oxygens (including phenoxy) is 1. The largest absolute Gasteiger partial charge is 0.444 e. The van der Waals surface area contributed by atoms with Crippen LogP contribution in [-0.2, 0) is 4.74 Å². The average Bonchev–Trinajstić information content (AvgIpc) is 2.40. The van der Waals surface area contributed by atoms with Crippen LogP contribution in [0, 0.1) is 6.92 Å². The fraction of sp³-hybridized carbons (Fsp3) is 0.611. The second kappa shape index (κ2) is 6.29. The van der Waals surface area contributed by atoms with E-state index in [2.05, 4.69) is 38.1 Å². The first kappa shape index (κ1) is 16.8. The summed E-state index contributed by atoms with van der Waals surface area (Å²) in [5, 5.41) is 0. The lowest BCUT2D eigenvalue weighted by Gasteiger charge is -2.42. The molecule has 22 heavy (non-hydrogen) atoms. The number of hydrogen-bond donors (Lipinski definition) is 1. The van der Waals surface area contributed by atoms with Crippen molar-refractivity contribution in [1.29, 1.82) is 0 Å². The lowest BCUT2D eigenvalue weighted by atomic mass is 9.82. The molecule has 1 heterocycles. The minimum Gasteiger partial charge on any atom is -0.444 e. The predicted octanol–water partition coefficient (Wildman–Crippen LogP) is 3.44. The summed E-state index contributed by atoms with van der Waals surface area (Å²) in [7, 11) is 0. The van der Waals surface area contributed by atoms with Gasteiger partial charge in [-0.15, -0.1) is 0 Å². The van der Waals surface area contributed by atoms with E-state index < -0.39 is 5.60 Å². The standard InChI is InChI=1S/C18H28N2O2/c1-12-6-8-14(9-7-12)16-10-15(19)11-20(13(16)2)17(21)22-18(3,4)5/h6-9,13,15-16H,10-11,19H2,1-5H3. The van der Waals surface area contributed by atoms with Crippen molar-refractivity contribution in [2.24, 2.45) is 5.73 Å². The SMILES string of the molecule is Cc1ccc(C2CC(N)CN(C(=O)OC(C)(C)C)C2C)cc1. The van der Waals surface area contributed by atoms with Gasteiger partial charge < -0.3 is 15.4 Å². The third-order valence-corrected chi connectivity index (χ3v) is 4.20. The molecule has 0 aromatic heterocycles. The lowest BCUT2D eigenvalue weighted by Crippen LogP contribution is -2.54. The average molecular weight is 304 g/mol. The van der Waals surface area contributed by atoms with E-state index in [-0.39, 0.29) is 24.1 Å². The summed E-state index contributed by atoms with van der Waals surface area (Å²) in [5.41, 5.74) is 8.18. The monoisotopic (exact) mass is 304 g/mol. The molecule has 2 N–H and O–H groups in total. The highest BCUT2D eigenvalue weighted by molar-refractivity contribution is 5.69. The van der Waals surface area contributed by atoms with Gasteiger partial charge in [-0.25, -0.2) is 4.79 Å². The zero-order valence-electron chi connectivity index (χ0n) is 14.3. The zero-order chi connectivity index (χ0) is 16.5. The Morgan fingerprint density at radius 3 is 2.41 bits per heavy atom. The summed E-state index contributed by atoms with van der Waals surface area (Å²) in [6, 6.07) is 8.57. The van der Waals surface area contributed by atoms with Crippen molar-refractivity contribution in [3.8, 4) is 0 Å². The van der Waals surface area contributed by atoms with Crippen LogP contribution in [-0.4, -0.2) is 35.2 Å². The van der Waals surface area contributed by atoms with Crippen LogP contribution in [0.5, 0.6) is 0 Å². The Kier molecular flexibility index (Phi) is 4.81. The van der Waals surface area contributed by atoms with Crippen molar-refractivity contribution in [3.05, 3.63) is 35.4 Å². The summed E-state index contributed by atoms with van der Waals surface area (Å²) < 4.78 is 5.53. The topological polar surface area (TPSA) is 55.6 Å². The minimum absolute atomic E-state index is 0.0185. The smallest absolute Gasteiger partial charge is 0.410 e. The molecule has 122 valence electrons. The van der Waals surface area contributed by atoms with Gasteiger partial charge in [0.25, 0.3) is 0 Å². The number of nitrogens with zero attached hydrogens (tertiary/aromatic N) is 1. The fourth-order valence-electron chi connectivity index (χ4n) is 3.02. The molecule has 2 rings (SSSR count). The highest BCUT2D eigenvalue weighted by atomic mass is 16.6. The molecular weight excluding hydrogens is 276 g/mol. The Balaban J connectivity index is 2.19. The van der Waals surface area contributed by atoms with Crippen LogP contribution < -0.4 is 5.73 Å². The highest BCUT2D eigenvalue weighted by Gasteiger charge is 2.37. The van der Waals surface area contributed by atoms with Gasteiger partial charge in [0.1, 0.15) is 5.60 Å². The van der Waals surface area contributed by atoms with Gasteiger partial charge in [-0.3, -0.25) is 0 Å². The quantitative estimate of drug-likeness (QED) is 0.864. The van der Waals surface area contributed by atoms with Crippen LogP contribution in [0.3, 0.4) is 0 Å². The van der Waals surface area contributed by atoms with E-state index >= 15 is 0 Å². The molecule has 1 aliphatic rings. The van der Waals surface area contributed by atoms with Gasteiger partial charge in [-0.1, -0.05) is 29.8 Å². The van der Waals surface area contributed by atoms with Crippen molar-refractivity contribution >= 4 is 6.09 Å². The molecule has 1 saturated heterocycles. The molecule has 0 bridgehead atoms. The molecule has 3 unspecified atom stereocenters. The number of piperidine rings is 1. The fourth-order valence-corrected chi connectivity index (χ4v) is 3.02. The van der Waals surface area contributed by atoms with Crippen LogP contribution in [0.15, 0.2) is 24.3 Å². The maximum atomic E-state index is 12.4. The minimum atomic E-state index is -0.488. The van der Waals surface area contributed by atoms with E-state index in [1.54, 1.807) is 4.90 Å². The molecule has 1 fully saturated rings. The summed E-state index contributed by atoms with van der Waals surface area (Å²) in [6.45, 7) is 10.4. The van der Waals surface area contributed by atoms with Gasteiger partial charge in [0.05, 0.1) is 0 Å². The van der Waals surface area contributed by atoms with Gasteiger partial charge in [-0.05, 0) is 46.6 Å². The number of benzene rings is 1. The molecule has 0 saturated carbocycles. The summed E-state index contributed by atoms with van der Waals surface area (Å²) >= 11 is 0. The van der Waals surface area contributed by atoms with Crippen LogP contribution in [0.25, 0.3) is 0 Å². The first-order valence-electron chi connectivity index (χ1n) is 7.99. The van der Waals surface area contributed by atoms with E-state index in [1.807, 2.05) is 20.8 Å². The summed E-state index contributed by atoms with van der Waals surface area (Å²) in [4.78, 5) is 14.2. The van der Waals surface area contributed by atoms with Crippen LogP contribution >= 0.6 is 0 Å². The molecule has 0 aliphatic carbocycles. The van der Waals surface area contributed by atoms with Crippen LogP contribution in [0.2, 0.25) is 0 Å². The second-order valence-corrected chi connectivity index (χ2v) is 7.39. The number of rotatable bonds is 1. The normalized spacial score (nSPS) is 25.9. The highest BCUT2D eigenvalue weighted by Crippen LogP contribution is 2.33. The maximum absolute atomic E-state index is 12.4. The Morgan fingerprint density at radius 2 is 1.86 bits per heavy atom. The van der Waals surface area contributed by atoms with Crippen molar-refractivity contribution in [3.63, 3.8) is 0 Å². The van der Waals surface area contributed by atoms with Crippen molar-refractivity contribution < 1.29 is 9.53 Å². The third kappa shape index (κ3) is 4.01. The second-order valence-electron chi connectivity index (χ2n) is 7.39. The van der Waals surface area contributed by atoms with Crippen molar-refractivity contribution in [1.82, 2.24) is 4.90 Å². The number of aryl methyl sites for hydroxylation is 1. The van der Waals surface area contributed by atoms with E-state index in [9.17, 15) is 4.79 Å². The van der Waals surface area contributed by atoms with Gasteiger partial charge in [0.15, 0.2) is 0 Å². The first-order valence-corrected chi connectivity index (χ1v) is 7.99. The molecule has 3 atom stereocenters. The third-order valence-electron chi connectivity index (χ3n) is 4.20. The van der Waals surface area contributed by atoms with E-state index in [0.29, 0.717) is 6.54 Å². The number of carbonyl (C=O) groups excluding carboxylic acids is 1. The van der Waals surface area contributed by atoms with Crippen molar-refractivity contribution in [2.75, 3.05) is 6.54 Å². The molecule has 0 radical (unpaired) electrons.